The van der Waals surface area contributed by atoms with Gasteiger partial charge in [-0.15, -0.1) is 0 Å². The lowest BCUT2D eigenvalue weighted by Gasteiger charge is -2.49. The molecule has 25 heteroatoms. The molecule has 0 amide bonds. The van der Waals surface area contributed by atoms with Crippen molar-refractivity contribution in [2.45, 2.75) is 168 Å². The van der Waals surface area contributed by atoms with E-state index in [1.165, 1.54) is 13.8 Å². The number of aliphatic hydroxyl groups is 14. The first-order valence-corrected chi connectivity index (χ1v) is 19.1. The molecule has 0 bridgehead atoms. The van der Waals surface area contributed by atoms with Crippen molar-refractivity contribution in [1.29, 1.82) is 0 Å². The van der Waals surface area contributed by atoms with Crippen LogP contribution in [-0.2, 0) is 52.2 Å². The Labute approximate surface area is 336 Å². The van der Waals surface area contributed by atoms with Gasteiger partial charge >= 0.3 is 5.97 Å². The Hall–Kier alpha value is -1.45. The van der Waals surface area contributed by atoms with Crippen LogP contribution in [0.1, 0.15) is 20.8 Å². The van der Waals surface area contributed by atoms with Crippen LogP contribution >= 0.6 is 0 Å². The molecule has 0 aromatic heterocycles. The van der Waals surface area contributed by atoms with Crippen LogP contribution in [0.3, 0.4) is 0 Å². The normalized spacial score (nSPS) is 51.0. The topological polar surface area (TPSA) is 393 Å². The molecular formula is C34H58O25. The van der Waals surface area contributed by atoms with Gasteiger partial charge in [-0.1, -0.05) is 6.92 Å². The summed E-state index contributed by atoms with van der Waals surface area (Å²) in [5, 5.41) is 148. The molecule has 0 radical (unpaired) electrons. The SMILES string of the molecule is CC(=O)O[C@H]1C(O)[C@@H](C)OC(CO)[C@H]1O[C@H]1OC(CO)[C@@H](O[C@H]2OC(CO[C@H]3OC(CO)[C@H](O)[C@@H](O)C3O)[C@@H](O[C@H]3OC(CO)[C@@H](C)[C@@H](O)C3O)[C@@H](O)C2O)[C@@H](O)C1O. The van der Waals surface area contributed by atoms with Crippen LogP contribution in [0.25, 0.3) is 0 Å². The van der Waals surface area contributed by atoms with Gasteiger partial charge in [0.1, 0.15) is 97.7 Å². The molecule has 25 atom stereocenters. The summed E-state index contributed by atoms with van der Waals surface area (Å²) >= 11 is 0. The van der Waals surface area contributed by atoms with Crippen LogP contribution in [0.5, 0.6) is 0 Å². The fourth-order valence-corrected chi connectivity index (χ4v) is 7.65. The molecule has 5 heterocycles. The first-order valence-electron chi connectivity index (χ1n) is 19.1. The number of aliphatic hydroxyl groups excluding tert-OH is 14. The van der Waals surface area contributed by atoms with Crippen LogP contribution in [-0.4, -0.2) is 258 Å². The summed E-state index contributed by atoms with van der Waals surface area (Å²) in [5.41, 5.74) is 0. The van der Waals surface area contributed by atoms with Gasteiger partial charge in [0.25, 0.3) is 0 Å². The highest BCUT2D eigenvalue weighted by Gasteiger charge is 2.56. The van der Waals surface area contributed by atoms with Crippen LogP contribution < -0.4 is 0 Å². The van der Waals surface area contributed by atoms with Crippen LogP contribution in [0.4, 0.5) is 0 Å². The van der Waals surface area contributed by atoms with Crippen LogP contribution in [0.2, 0.25) is 0 Å². The molecule has 0 aromatic rings. The number of carbonyl (C=O) groups excluding carboxylic acids is 1. The summed E-state index contributed by atoms with van der Waals surface area (Å²) in [6.07, 6.45) is -40.3. The van der Waals surface area contributed by atoms with E-state index in [0.29, 0.717) is 0 Å². The van der Waals surface area contributed by atoms with E-state index < -0.39 is 192 Å². The van der Waals surface area contributed by atoms with Gasteiger partial charge in [-0.2, -0.15) is 0 Å². The minimum atomic E-state index is -2.11. The molecule has 0 aliphatic carbocycles. The number of hydrogen-bond acceptors (Lipinski definition) is 25. The predicted molar refractivity (Wildman–Crippen MR) is 183 cm³/mol. The van der Waals surface area contributed by atoms with Gasteiger partial charge in [-0.25, -0.2) is 0 Å². The quantitative estimate of drug-likeness (QED) is 0.0721. The maximum Gasteiger partial charge on any atom is 0.303 e. The van der Waals surface area contributed by atoms with E-state index >= 15 is 0 Å². The predicted octanol–water partition coefficient (Wildman–Crippen LogP) is -9.01. The molecule has 10 unspecified atom stereocenters. The third-order valence-electron chi connectivity index (χ3n) is 11.2. The zero-order chi connectivity index (χ0) is 43.6. The van der Waals surface area contributed by atoms with Crippen molar-refractivity contribution >= 4 is 5.97 Å². The molecule has 5 saturated heterocycles. The molecule has 5 fully saturated rings. The Morgan fingerprint density at radius 2 is 0.864 bits per heavy atom. The van der Waals surface area contributed by atoms with Crippen molar-refractivity contribution in [2.24, 2.45) is 5.92 Å². The molecule has 59 heavy (non-hydrogen) atoms. The molecule has 5 rings (SSSR count). The largest absolute Gasteiger partial charge is 0.457 e. The fraction of sp³-hybridized carbons (Fsp3) is 0.971. The Morgan fingerprint density at radius 1 is 0.441 bits per heavy atom. The molecule has 0 aromatic carbocycles. The molecular weight excluding hydrogens is 808 g/mol. The molecule has 14 N–H and O–H groups in total. The Morgan fingerprint density at radius 3 is 1.39 bits per heavy atom. The average Bonchev–Trinajstić information content (AvgIpc) is 3.21. The smallest absolute Gasteiger partial charge is 0.303 e. The lowest BCUT2D eigenvalue weighted by molar-refractivity contribution is -0.388. The van der Waals surface area contributed by atoms with Crippen LogP contribution in [0, 0.1) is 5.92 Å². The second-order valence-electron chi connectivity index (χ2n) is 15.3. The van der Waals surface area contributed by atoms with E-state index in [1.807, 2.05) is 0 Å². The highest BCUT2D eigenvalue weighted by atomic mass is 16.8. The Kier molecular flexibility index (Phi) is 17.1. The van der Waals surface area contributed by atoms with Gasteiger partial charge in [0, 0.05) is 12.8 Å². The first kappa shape index (κ1) is 48.6. The zero-order valence-electron chi connectivity index (χ0n) is 32.2. The van der Waals surface area contributed by atoms with Crippen molar-refractivity contribution in [3.8, 4) is 0 Å². The summed E-state index contributed by atoms with van der Waals surface area (Å²) in [7, 11) is 0. The van der Waals surface area contributed by atoms with E-state index in [0.717, 1.165) is 6.92 Å². The maximum absolute atomic E-state index is 11.9. The fourth-order valence-electron chi connectivity index (χ4n) is 7.65. The zero-order valence-corrected chi connectivity index (χ0v) is 32.2. The monoisotopic (exact) mass is 866 g/mol. The average molecular weight is 867 g/mol. The molecule has 5 aliphatic rings. The second kappa shape index (κ2) is 20.8. The molecule has 25 nitrogen and oxygen atoms in total. The van der Waals surface area contributed by atoms with Gasteiger partial charge < -0.3 is 119 Å². The number of carbonyl (C=O) groups is 1. The van der Waals surface area contributed by atoms with E-state index in [4.69, 9.17) is 47.4 Å². The van der Waals surface area contributed by atoms with Gasteiger partial charge in [-0.3, -0.25) is 4.79 Å². The summed E-state index contributed by atoms with van der Waals surface area (Å²) in [4.78, 5) is 11.9. The lowest BCUT2D eigenvalue weighted by atomic mass is 9.91. The van der Waals surface area contributed by atoms with Crippen LogP contribution in [0.15, 0.2) is 0 Å². The third-order valence-corrected chi connectivity index (χ3v) is 11.2. The molecule has 0 spiro atoms. The van der Waals surface area contributed by atoms with Gasteiger partial charge in [-0.05, 0) is 6.92 Å². The summed E-state index contributed by atoms with van der Waals surface area (Å²) in [6.45, 7) is 0.134. The number of esters is 1. The van der Waals surface area contributed by atoms with Crippen molar-refractivity contribution in [2.75, 3.05) is 33.0 Å². The maximum atomic E-state index is 11.9. The van der Waals surface area contributed by atoms with Gasteiger partial charge in [0.2, 0.25) is 0 Å². The Balaban J connectivity index is 1.35. The minimum absolute atomic E-state index is 0.614. The highest BCUT2D eigenvalue weighted by molar-refractivity contribution is 5.66. The van der Waals surface area contributed by atoms with Crippen molar-refractivity contribution < 1.29 is 124 Å². The molecule has 0 saturated carbocycles. The summed E-state index contributed by atoms with van der Waals surface area (Å²) < 4.78 is 56.4. The van der Waals surface area contributed by atoms with E-state index in [9.17, 15) is 76.3 Å². The first-order chi connectivity index (χ1) is 27.9. The van der Waals surface area contributed by atoms with E-state index in [2.05, 4.69) is 0 Å². The van der Waals surface area contributed by atoms with Gasteiger partial charge in [0.15, 0.2) is 31.3 Å². The third kappa shape index (κ3) is 10.3. The molecule has 5 aliphatic heterocycles. The van der Waals surface area contributed by atoms with E-state index in [-0.39, 0.29) is 0 Å². The highest BCUT2D eigenvalue weighted by Crippen LogP contribution is 2.36. The number of rotatable bonds is 14. The van der Waals surface area contributed by atoms with Gasteiger partial charge in [0.05, 0.1) is 51.3 Å². The lowest BCUT2D eigenvalue weighted by Crippen LogP contribution is -2.67. The minimum Gasteiger partial charge on any atom is -0.457 e. The van der Waals surface area contributed by atoms with Crippen molar-refractivity contribution in [3.63, 3.8) is 0 Å². The number of ether oxygens (including phenoxy) is 10. The van der Waals surface area contributed by atoms with Crippen molar-refractivity contribution in [3.05, 3.63) is 0 Å². The Bertz CT molecular complexity index is 1310. The number of hydrogen-bond donors (Lipinski definition) is 14. The standard InChI is InChI=1S/C34H58O25/c1-9-12(4-35)53-32(23(46)17(9)40)58-28-16(8-50-31-24(47)20(43)19(42)13(5-36)54-31)56-34(26(49)22(28)45)57-27-14(6-37)55-33(25(48)21(27)44)59-29-15(7-38)51-10(2)18(41)30(29)52-11(3)39/h9-10,12-38,40-49H,4-8H2,1-3H3/t9-,10-,12?,13?,14?,15?,16?,17-,18?,19+,20-,21+,22+,23?,24?,25?,26?,27-,28-,29-,30+,31+,32-,33-,34-/m1/s1. The summed E-state index contributed by atoms with van der Waals surface area (Å²) in [6, 6.07) is 0. The second-order valence-corrected chi connectivity index (χ2v) is 15.3. The van der Waals surface area contributed by atoms with E-state index in [1.54, 1.807) is 0 Å². The molecule has 344 valence electrons. The summed E-state index contributed by atoms with van der Waals surface area (Å²) in [5.74, 6) is -1.61. The van der Waals surface area contributed by atoms with Crippen molar-refractivity contribution in [1.82, 2.24) is 0 Å².